The normalized spacial score (nSPS) is 18.0. The molecule has 1 amide bonds. The Labute approximate surface area is 123 Å². The summed E-state index contributed by atoms with van der Waals surface area (Å²) >= 11 is 0. The molecule has 0 spiro atoms. The van der Waals surface area contributed by atoms with Crippen LogP contribution in [0.5, 0.6) is 0 Å². The summed E-state index contributed by atoms with van der Waals surface area (Å²) in [5, 5.41) is 15.7. The lowest BCUT2D eigenvalue weighted by Crippen LogP contribution is -2.60. The molecule has 116 valence electrons. The maximum absolute atomic E-state index is 12.3. The second-order valence-electron chi connectivity index (χ2n) is 5.65. The van der Waals surface area contributed by atoms with Crippen molar-refractivity contribution in [3.8, 4) is 0 Å². The summed E-state index contributed by atoms with van der Waals surface area (Å²) in [6, 6.07) is 1.63. The van der Waals surface area contributed by atoms with Crippen molar-refractivity contribution in [2.24, 2.45) is 10.9 Å². The highest BCUT2D eigenvalue weighted by molar-refractivity contribution is 5.92. The van der Waals surface area contributed by atoms with Crippen molar-refractivity contribution in [3.63, 3.8) is 0 Å². The SMILES string of the molecule is Cc1cc(C(=O)N2CCN(C(C)(C)C(N)=NO)CC2)no1. The monoisotopic (exact) mass is 295 g/mol. The van der Waals surface area contributed by atoms with E-state index in [0.29, 0.717) is 37.6 Å². The minimum atomic E-state index is -0.547. The summed E-state index contributed by atoms with van der Waals surface area (Å²) < 4.78 is 4.93. The number of amidine groups is 1. The van der Waals surface area contributed by atoms with E-state index in [0.717, 1.165) is 0 Å². The van der Waals surface area contributed by atoms with Crippen LogP contribution in [0.4, 0.5) is 0 Å². The molecule has 0 aliphatic carbocycles. The molecule has 0 unspecified atom stereocenters. The minimum absolute atomic E-state index is 0.131. The standard InChI is InChI=1S/C13H21N5O3/c1-9-8-10(16-21-9)11(19)17-4-6-18(7-5-17)13(2,3)12(14)15-20/h8,20H,4-7H2,1-3H3,(H2,14,15). The third kappa shape index (κ3) is 2.99. The molecule has 1 saturated heterocycles. The van der Waals surface area contributed by atoms with Gasteiger partial charge in [-0.2, -0.15) is 0 Å². The summed E-state index contributed by atoms with van der Waals surface area (Å²) in [7, 11) is 0. The summed E-state index contributed by atoms with van der Waals surface area (Å²) in [6.07, 6.45) is 0. The summed E-state index contributed by atoms with van der Waals surface area (Å²) in [6.45, 7) is 7.94. The van der Waals surface area contributed by atoms with Crippen molar-refractivity contribution in [1.82, 2.24) is 15.0 Å². The molecule has 2 rings (SSSR count). The van der Waals surface area contributed by atoms with Gasteiger partial charge in [-0.1, -0.05) is 10.3 Å². The Morgan fingerprint density at radius 2 is 2.05 bits per heavy atom. The number of oxime groups is 1. The first-order valence-corrected chi connectivity index (χ1v) is 6.82. The Hall–Kier alpha value is -2.09. The fourth-order valence-corrected chi connectivity index (χ4v) is 2.38. The summed E-state index contributed by atoms with van der Waals surface area (Å²) in [5.41, 5.74) is 5.51. The van der Waals surface area contributed by atoms with Crippen molar-refractivity contribution < 1.29 is 14.5 Å². The summed E-state index contributed by atoms with van der Waals surface area (Å²) in [5.74, 6) is 0.646. The highest BCUT2D eigenvalue weighted by Crippen LogP contribution is 2.18. The van der Waals surface area contributed by atoms with E-state index in [2.05, 4.69) is 15.2 Å². The lowest BCUT2D eigenvalue weighted by Gasteiger charge is -2.43. The molecule has 0 bridgehead atoms. The lowest BCUT2D eigenvalue weighted by molar-refractivity contribution is 0.0523. The molecule has 1 aliphatic rings. The van der Waals surface area contributed by atoms with Crippen LogP contribution in [0.25, 0.3) is 0 Å². The molecule has 21 heavy (non-hydrogen) atoms. The molecule has 1 fully saturated rings. The molecule has 0 radical (unpaired) electrons. The van der Waals surface area contributed by atoms with Gasteiger partial charge < -0.3 is 20.4 Å². The number of carbonyl (C=O) groups is 1. The van der Waals surface area contributed by atoms with Crippen LogP contribution in [0, 0.1) is 6.92 Å². The van der Waals surface area contributed by atoms with Gasteiger partial charge in [0.25, 0.3) is 5.91 Å². The first kappa shape index (κ1) is 15.3. The molecule has 3 N–H and O–H groups in total. The zero-order valence-electron chi connectivity index (χ0n) is 12.5. The number of carbonyl (C=O) groups excluding carboxylic acids is 1. The van der Waals surface area contributed by atoms with Crippen molar-refractivity contribution in [1.29, 1.82) is 0 Å². The fraction of sp³-hybridized carbons (Fsp3) is 0.615. The van der Waals surface area contributed by atoms with Gasteiger partial charge in [0.15, 0.2) is 11.5 Å². The zero-order chi connectivity index (χ0) is 15.6. The number of hydrogen-bond acceptors (Lipinski definition) is 6. The predicted octanol–water partition coefficient (Wildman–Crippen LogP) is 0.266. The molecular formula is C13H21N5O3. The van der Waals surface area contributed by atoms with E-state index < -0.39 is 5.54 Å². The topological polar surface area (TPSA) is 108 Å². The molecule has 1 aromatic rings. The summed E-state index contributed by atoms with van der Waals surface area (Å²) in [4.78, 5) is 16.1. The van der Waals surface area contributed by atoms with Gasteiger partial charge >= 0.3 is 0 Å². The number of aromatic nitrogens is 1. The number of hydrogen-bond donors (Lipinski definition) is 2. The first-order chi connectivity index (χ1) is 9.86. The van der Waals surface area contributed by atoms with Crippen molar-refractivity contribution in [2.75, 3.05) is 26.2 Å². The molecule has 2 heterocycles. The van der Waals surface area contributed by atoms with E-state index in [9.17, 15) is 4.79 Å². The predicted molar refractivity (Wildman–Crippen MR) is 76.2 cm³/mol. The van der Waals surface area contributed by atoms with Gasteiger partial charge in [-0.3, -0.25) is 9.69 Å². The van der Waals surface area contributed by atoms with Crippen LogP contribution in [0.3, 0.4) is 0 Å². The highest BCUT2D eigenvalue weighted by atomic mass is 16.5. The smallest absolute Gasteiger partial charge is 0.276 e. The van der Waals surface area contributed by atoms with Crippen LogP contribution in [0.15, 0.2) is 15.7 Å². The van der Waals surface area contributed by atoms with Crippen molar-refractivity contribution in [2.45, 2.75) is 26.3 Å². The lowest BCUT2D eigenvalue weighted by atomic mass is 10.00. The maximum atomic E-state index is 12.3. The van der Waals surface area contributed by atoms with Gasteiger partial charge in [-0.05, 0) is 20.8 Å². The van der Waals surface area contributed by atoms with Gasteiger partial charge in [0.2, 0.25) is 0 Å². The molecular weight excluding hydrogens is 274 g/mol. The number of amides is 1. The molecule has 0 aromatic carbocycles. The van der Waals surface area contributed by atoms with Crippen LogP contribution in [0.2, 0.25) is 0 Å². The second kappa shape index (κ2) is 5.72. The van der Waals surface area contributed by atoms with Gasteiger partial charge in [0.1, 0.15) is 5.76 Å². The van der Waals surface area contributed by atoms with E-state index in [-0.39, 0.29) is 11.7 Å². The van der Waals surface area contributed by atoms with E-state index >= 15 is 0 Å². The molecule has 1 aliphatic heterocycles. The van der Waals surface area contributed by atoms with E-state index in [1.165, 1.54) is 0 Å². The number of rotatable bonds is 3. The van der Waals surface area contributed by atoms with Gasteiger partial charge in [0.05, 0.1) is 5.54 Å². The highest BCUT2D eigenvalue weighted by Gasteiger charge is 2.35. The van der Waals surface area contributed by atoms with Crippen LogP contribution >= 0.6 is 0 Å². The molecule has 0 atom stereocenters. The molecule has 1 aromatic heterocycles. The Balaban J connectivity index is 1.99. The van der Waals surface area contributed by atoms with Gasteiger partial charge in [-0.25, -0.2) is 0 Å². The Kier molecular flexibility index (Phi) is 4.17. The zero-order valence-corrected chi connectivity index (χ0v) is 12.5. The van der Waals surface area contributed by atoms with Crippen LogP contribution in [0.1, 0.15) is 30.1 Å². The number of nitrogens with two attached hydrogens (primary N) is 1. The average Bonchev–Trinajstić information content (AvgIpc) is 2.92. The van der Waals surface area contributed by atoms with Crippen LogP contribution < -0.4 is 5.73 Å². The van der Waals surface area contributed by atoms with E-state index in [1.54, 1.807) is 17.9 Å². The number of nitrogens with zero attached hydrogens (tertiary/aromatic N) is 4. The second-order valence-corrected chi connectivity index (χ2v) is 5.65. The van der Waals surface area contributed by atoms with Crippen LogP contribution in [-0.2, 0) is 0 Å². The van der Waals surface area contributed by atoms with Gasteiger partial charge in [-0.15, -0.1) is 0 Å². The molecule has 8 heteroatoms. The average molecular weight is 295 g/mol. The van der Waals surface area contributed by atoms with Crippen molar-refractivity contribution in [3.05, 3.63) is 17.5 Å². The third-order valence-corrected chi connectivity index (χ3v) is 3.94. The number of piperazine rings is 1. The molecule has 8 nitrogen and oxygen atoms in total. The Morgan fingerprint density at radius 3 is 2.52 bits per heavy atom. The number of aryl methyl sites for hydroxylation is 1. The first-order valence-electron chi connectivity index (χ1n) is 6.82. The third-order valence-electron chi connectivity index (χ3n) is 3.94. The van der Waals surface area contributed by atoms with Gasteiger partial charge in [0, 0.05) is 32.2 Å². The van der Waals surface area contributed by atoms with E-state index in [1.807, 2.05) is 13.8 Å². The van der Waals surface area contributed by atoms with Crippen molar-refractivity contribution >= 4 is 11.7 Å². The maximum Gasteiger partial charge on any atom is 0.276 e. The fourth-order valence-electron chi connectivity index (χ4n) is 2.38. The Morgan fingerprint density at radius 1 is 1.43 bits per heavy atom. The Bertz CT molecular complexity index is 544. The van der Waals surface area contributed by atoms with Crippen LogP contribution in [-0.4, -0.2) is 63.6 Å². The van der Waals surface area contributed by atoms with E-state index in [4.69, 9.17) is 15.5 Å². The molecule has 0 saturated carbocycles. The minimum Gasteiger partial charge on any atom is -0.409 e. The largest absolute Gasteiger partial charge is 0.409 e. The quantitative estimate of drug-likeness (QED) is 0.358.